The van der Waals surface area contributed by atoms with Gasteiger partial charge in [0.25, 0.3) is 11.5 Å². The number of urea groups is 1. The molecule has 27 heavy (non-hydrogen) atoms. The molecule has 1 unspecified atom stereocenters. The predicted molar refractivity (Wildman–Crippen MR) is 99.8 cm³/mol. The average molecular weight is 411 g/mol. The Balaban J connectivity index is 1.99. The topological polar surface area (TPSA) is 93.4 Å². The monoisotopic (exact) mass is 410 g/mol. The van der Waals surface area contributed by atoms with Gasteiger partial charge in [-0.15, -0.1) is 0 Å². The van der Waals surface area contributed by atoms with Gasteiger partial charge in [-0.2, -0.15) is 0 Å². The van der Waals surface area contributed by atoms with E-state index in [9.17, 15) is 19.2 Å². The lowest BCUT2D eigenvalue weighted by Crippen LogP contribution is -2.42. The maximum Gasteiger partial charge on any atom is 0.330 e. The number of benzene rings is 1. The van der Waals surface area contributed by atoms with Crippen LogP contribution in [0, 0.1) is 0 Å². The van der Waals surface area contributed by atoms with E-state index in [2.05, 4.69) is 5.32 Å². The van der Waals surface area contributed by atoms with E-state index in [0.717, 1.165) is 9.47 Å². The van der Waals surface area contributed by atoms with Crippen molar-refractivity contribution in [2.75, 3.05) is 0 Å². The summed E-state index contributed by atoms with van der Waals surface area (Å²) in [6.07, 6.45) is 0. The van der Waals surface area contributed by atoms with Gasteiger partial charge in [0.1, 0.15) is 5.54 Å². The van der Waals surface area contributed by atoms with Crippen LogP contribution in [-0.4, -0.2) is 26.0 Å². The fraction of sp³-hybridized carbons (Fsp3) is 0.294. The van der Waals surface area contributed by atoms with E-state index in [1.54, 1.807) is 13.0 Å². The fourth-order valence-electron chi connectivity index (χ4n) is 2.94. The Morgan fingerprint density at radius 2 is 1.67 bits per heavy atom. The number of hydrogen-bond donors (Lipinski definition) is 1. The van der Waals surface area contributed by atoms with Crippen LogP contribution in [0.1, 0.15) is 18.2 Å². The van der Waals surface area contributed by atoms with E-state index < -0.39 is 28.7 Å². The average Bonchev–Trinajstić information content (AvgIpc) is 2.84. The second-order valence-corrected chi connectivity index (χ2v) is 7.26. The Morgan fingerprint density at radius 3 is 2.30 bits per heavy atom. The number of hydrogen-bond acceptors (Lipinski definition) is 4. The summed E-state index contributed by atoms with van der Waals surface area (Å²) in [5, 5.41) is 3.22. The van der Waals surface area contributed by atoms with Crippen LogP contribution in [0.3, 0.4) is 0 Å². The summed E-state index contributed by atoms with van der Waals surface area (Å²) in [5.41, 5.74) is -1.70. The molecule has 1 aromatic heterocycles. The highest BCUT2D eigenvalue weighted by Gasteiger charge is 2.49. The minimum atomic E-state index is -1.34. The van der Waals surface area contributed by atoms with Gasteiger partial charge in [-0.1, -0.05) is 29.3 Å². The molecule has 3 amide bonds. The molecule has 1 aromatic carbocycles. The molecule has 0 bridgehead atoms. The third-order valence-corrected chi connectivity index (χ3v) is 5.46. The van der Waals surface area contributed by atoms with Crippen molar-refractivity contribution in [3.05, 3.63) is 66.4 Å². The van der Waals surface area contributed by atoms with Crippen LogP contribution in [-0.2, 0) is 31.0 Å². The molecule has 1 N–H and O–H groups in total. The Hall–Kier alpha value is -2.58. The van der Waals surface area contributed by atoms with E-state index in [0.29, 0.717) is 10.6 Å². The molecule has 1 atom stereocenters. The number of carbonyl (C=O) groups excluding carboxylic acids is 2. The van der Waals surface area contributed by atoms with Gasteiger partial charge in [0.2, 0.25) is 0 Å². The van der Waals surface area contributed by atoms with Crippen LogP contribution in [0.25, 0.3) is 0 Å². The van der Waals surface area contributed by atoms with E-state index >= 15 is 0 Å². The van der Waals surface area contributed by atoms with E-state index in [1.807, 2.05) is 0 Å². The maximum absolute atomic E-state index is 13.0. The van der Waals surface area contributed by atoms with Gasteiger partial charge < -0.3 is 5.32 Å². The van der Waals surface area contributed by atoms with Crippen molar-refractivity contribution in [1.82, 2.24) is 19.4 Å². The van der Waals surface area contributed by atoms with Gasteiger partial charge in [0, 0.05) is 25.9 Å². The van der Waals surface area contributed by atoms with Gasteiger partial charge in [-0.25, -0.2) is 9.59 Å². The summed E-state index contributed by atoms with van der Waals surface area (Å²) in [4.78, 5) is 50.3. The molecule has 1 aliphatic rings. The van der Waals surface area contributed by atoms with Crippen molar-refractivity contribution in [3.8, 4) is 0 Å². The number of imide groups is 1. The first-order chi connectivity index (χ1) is 12.6. The highest BCUT2D eigenvalue weighted by Crippen LogP contribution is 2.33. The molecule has 1 fully saturated rings. The fourth-order valence-corrected chi connectivity index (χ4v) is 3.23. The first-order valence-corrected chi connectivity index (χ1v) is 8.67. The van der Waals surface area contributed by atoms with Crippen molar-refractivity contribution < 1.29 is 9.59 Å². The predicted octanol–water partition coefficient (Wildman–Crippen LogP) is 1.36. The zero-order valence-electron chi connectivity index (χ0n) is 14.7. The van der Waals surface area contributed by atoms with Crippen molar-refractivity contribution in [2.45, 2.75) is 19.0 Å². The second kappa shape index (κ2) is 6.54. The van der Waals surface area contributed by atoms with Gasteiger partial charge >= 0.3 is 11.7 Å². The lowest BCUT2D eigenvalue weighted by atomic mass is 9.92. The normalized spacial score (nSPS) is 19.5. The van der Waals surface area contributed by atoms with Gasteiger partial charge in [0.05, 0.1) is 16.6 Å². The van der Waals surface area contributed by atoms with Crippen LogP contribution in [0.2, 0.25) is 10.0 Å². The number of nitrogens with one attached hydrogen (secondary N) is 1. The van der Waals surface area contributed by atoms with Crippen molar-refractivity contribution in [1.29, 1.82) is 0 Å². The Labute approximate surface area is 163 Å². The maximum atomic E-state index is 13.0. The van der Waals surface area contributed by atoms with Gasteiger partial charge in [-0.3, -0.25) is 23.6 Å². The molecular formula is C17H16Cl2N4O4. The molecule has 1 aliphatic heterocycles. The number of nitrogens with zero attached hydrogens (tertiary/aromatic N) is 3. The largest absolute Gasteiger partial charge is 0.330 e. The van der Waals surface area contributed by atoms with E-state index in [4.69, 9.17) is 23.2 Å². The SMILES string of the molecule is Cn1c(CN2C(=O)NC(C)(c3ccc(Cl)c(Cl)c3)C2=O)cc(=O)n(C)c1=O. The smallest absolute Gasteiger partial charge is 0.319 e. The summed E-state index contributed by atoms with van der Waals surface area (Å²) < 4.78 is 2.16. The Bertz CT molecular complexity index is 1090. The molecule has 142 valence electrons. The molecule has 8 nitrogen and oxygen atoms in total. The number of aromatic nitrogens is 2. The first kappa shape index (κ1) is 19.2. The molecule has 3 rings (SSSR count). The molecule has 0 saturated carbocycles. The summed E-state index contributed by atoms with van der Waals surface area (Å²) in [5.74, 6) is -0.529. The molecule has 2 heterocycles. The third-order valence-electron chi connectivity index (χ3n) is 4.72. The highest BCUT2D eigenvalue weighted by atomic mass is 35.5. The van der Waals surface area contributed by atoms with Crippen molar-refractivity contribution >= 4 is 35.1 Å². The third kappa shape index (κ3) is 3.04. The summed E-state index contributed by atoms with van der Waals surface area (Å²) in [7, 11) is 2.82. The van der Waals surface area contributed by atoms with E-state index in [1.165, 1.54) is 36.9 Å². The van der Waals surface area contributed by atoms with Crippen LogP contribution in [0.5, 0.6) is 0 Å². The standard InChI is InChI=1S/C17H16Cl2N4O4/c1-17(9-4-5-11(18)12(19)6-9)14(25)23(15(26)20-17)8-10-7-13(24)22(3)16(27)21(10)2/h4-7H,8H2,1-3H3,(H,20,26). The number of rotatable bonds is 3. The summed E-state index contributed by atoms with van der Waals surface area (Å²) in [6, 6.07) is 5.24. The van der Waals surface area contributed by atoms with Gasteiger partial charge in [-0.05, 0) is 24.6 Å². The summed E-state index contributed by atoms with van der Waals surface area (Å²) in [6.45, 7) is 1.33. The minimum Gasteiger partial charge on any atom is -0.319 e. The Kier molecular flexibility index (Phi) is 4.65. The molecule has 0 aliphatic carbocycles. The van der Waals surface area contributed by atoms with Crippen LogP contribution in [0.15, 0.2) is 33.9 Å². The second-order valence-electron chi connectivity index (χ2n) is 6.45. The van der Waals surface area contributed by atoms with E-state index in [-0.39, 0.29) is 17.3 Å². The first-order valence-electron chi connectivity index (χ1n) is 7.92. The minimum absolute atomic E-state index is 0.219. The lowest BCUT2D eigenvalue weighted by Gasteiger charge is -2.23. The van der Waals surface area contributed by atoms with Crippen LogP contribution >= 0.6 is 23.2 Å². The lowest BCUT2D eigenvalue weighted by molar-refractivity contribution is -0.131. The zero-order chi connectivity index (χ0) is 20.1. The molecule has 1 saturated heterocycles. The zero-order valence-corrected chi connectivity index (χ0v) is 16.3. The van der Waals surface area contributed by atoms with Crippen molar-refractivity contribution in [3.63, 3.8) is 0 Å². The quantitative estimate of drug-likeness (QED) is 0.772. The Morgan fingerprint density at radius 1 is 1.00 bits per heavy atom. The number of amides is 3. The molecule has 0 spiro atoms. The number of halogens is 2. The van der Waals surface area contributed by atoms with Crippen molar-refractivity contribution in [2.24, 2.45) is 14.1 Å². The summed E-state index contributed by atoms with van der Waals surface area (Å²) >= 11 is 11.9. The molecular weight excluding hydrogens is 395 g/mol. The molecule has 0 radical (unpaired) electrons. The van der Waals surface area contributed by atoms with Crippen LogP contribution in [0.4, 0.5) is 4.79 Å². The number of carbonyl (C=O) groups is 2. The molecule has 10 heteroatoms. The molecule has 2 aromatic rings. The van der Waals surface area contributed by atoms with Gasteiger partial charge in [0.15, 0.2) is 0 Å². The highest BCUT2D eigenvalue weighted by molar-refractivity contribution is 6.42. The van der Waals surface area contributed by atoms with Crippen LogP contribution < -0.4 is 16.6 Å².